The molecule has 1 fully saturated rings. The Morgan fingerprint density at radius 1 is 1.15 bits per heavy atom. The van der Waals surface area contributed by atoms with E-state index in [-0.39, 0.29) is 16.9 Å². The fourth-order valence-electron chi connectivity index (χ4n) is 3.01. The summed E-state index contributed by atoms with van der Waals surface area (Å²) < 4.78 is 15.2. The van der Waals surface area contributed by atoms with Crippen LogP contribution in [0.15, 0.2) is 59.8 Å². The van der Waals surface area contributed by atoms with E-state index in [4.69, 9.17) is 0 Å². The summed E-state index contributed by atoms with van der Waals surface area (Å²) in [7, 11) is 0. The Labute approximate surface area is 161 Å². The maximum atomic E-state index is 13.1. The number of thioether (sulfide) groups is 1. The fourth-order valence-corrected chi connectivity index (χ4v) is 3.94. The number of rotatable bonds is 7. The summed E-state index contributed by atoms with van der Waals surface area (Å²) in [6.07, 6.45) is 2.28. The number of hydrogen-bond donors (Lipinski definition) is 0. The Kier molecular flexibility index (Phi) is 5.07. The van der Waals surface area contributed by atoms with E-state index in [0.29, 0.717) is 18.0 Å². The average Bonchev–Trinajstić information content (AvgIpc) is 3.46. The van der Waals surface area contributed by atoms with Crippen LogP contribution in [-0.4, -0.2) is 25.8 Å². The van der Waals surface area contributed by atoms with Gasteiger partial charge in [0.25, 0.3) is 0 Å². The molecule has 4 nitrogen and oxygen atoms in total. The number of nitrogens with zero attached hydrogens (tertiary/aromatic N) is 3. The molecule has 1 atom stereocenters. The largest absolute Gasteiger partial charge is 0.301 e. The van der Waals surface area contributed by atoms with Crippen LogP contribution in [0.1, 0.15) is 47.4 Å². The summed E-state index contributed by atoms with van der Waals surface area (Å²) in [5, 5.41) is 9.19. The van der Waals surface area contributed by atoms with Gasteiger partial charge in [0, 0.05) is 11.5 Å². The molecule has 0 radical (unpaired) electrons. The molecule has 1 aliphatic rings. The number of carbonyl (C=O) groups is 1. The molecular weight excluding hydrogens is 361 g/mol. The maximum absolute atomic E-state index is 13.1. The summed E-state index contributed by atoms with van der Waals surface area (Å²) in [5.74, 6) is 1.09. The molecule has 27 heavy (non-hydrogen) atoms. The quantitative estimate of drug-likeness (QED) is 0.439. The molecule has 1 saturated carbocycles. The molecule has 138 valence electrons. The van der Waals surface area contributed by atoms with Gasteiger partial charge in [-0.25, -0.2) is 4.39 Å². The fraction of sp³-hybridized carbons (Fsp3) is 0.286. The molecule has 0 saturated heterocycles. The molecule has 0 amide bonds. The molecule has 0 aliphatic heterocycles. The van der Waals surface area contributed by atoms with Gasteiger partial charge in [0.05, 0.1) is 11.8 Å². The van der Waals surface area contributed by atoms with Crippen molar-refractivity contribution in [1.29, 1.82) is 0 Å². The zero-order valence-corrected chi connectivity index (χ0v) is 15.8. The third-order valence-corrected chi connectivity index (χ3v) is 5.73. The van der Waals surface area contributed by atoms with Gasteiger partial charge in [-0.1, -0.05) is 42.1 Å². The molecule has 1 aromatic heterocycles. The normalized spacial score (nSPS) is 14.9. The smallest absolute Gasteiger partial charge is 0.192 e. The number of halogens is 1. The first-order valence-electron chi connectivity index (χ1n) is 9.05. The van der Waals surface area contributed by atoms with E-state index in [1.165, 1.54) is 41.6 Å². The minimum Gasteiger partial charge on any atom is -0.301 e. The van der Waals surface area contributed by atoms with E-state index in [9.17, 15) is 9.18 Å². The lowest BCUT2D eigenvalue weighted by atomic mass is 10.1. The van der Waals surface area contributed by atoms with E-state index in [1.54, 1.807) is 0 Å². The zero-order valence-electron chi connectivity index (χ0n) is 15.0. The summed E-state index contributed by atoms with van der Waals surface area (Å²) in [4.78, 5) is 12.7. The number of carbonyl (C=O) groups excluding carboxylic acids is 1. The van der Waals surface area contributed by atoms with Crippen LogP contribution >= 0.6 is 11.8 Å². The Bertz CT molecular complexity index is 936. The number of Topliss-reactive ketones (excluding diaryl/α,β-unsaturated/α-hetero) is 1. The third kappa shape index (κ3) is 4.11. The van der Waals surface area contributed by atoms with Gasteiger partial charge in [0.1, 0.15) is 11.6 Å². The lowest BCUT2D eigenvalue weighted by Crippen LogP contribution is -2.15. The number of benzene rings is 2. The Balaban J connectivity index is 1.56. The first-order valence-corrected chi connectivity index (χ1v) is 9.93. The highest BCUT2D eigenvalue weighted by molar-refractivity contribution is 8.00. The van der Waals surface area contributed by atoms with Crippen molar-refractivity contribution in [2.45, 2.75) is 42.6 Å². The molecule has 0 spiro atoms. The van der Waals surface area contributed by atoms with Crippen molar-refractivity contribution in [1.82, 2.24) is 14.8 Å². The lowest BCUT2D eigenvalue weighted by Gasteiger charge is -2.13. The Morgan fingerprint density at radius 2 is 1.85 bits per heavy atom. The van der Waals surface area contributed by atoms with Crippen molar-refractivity contribution in [3.63, 3.8) is 0 Å². The maximum Gasteiger partial charge on any atom is 0.192 e. The van der Waals surface area contributed by atoms with Gasteiger partial charge in [-0.2, -0.15) is 0 Å². The van der Waals surface area contributed by atoms with Gasteiger partial charge in [0.2, 0.25) is 0 Å². The Hall–Kier alpha value is -2.47. The predicted octanol–water partition coefficient (Wildman–Crippen LogP) is 4.71. The molecule has 6 heteroatoms. The minimum absolute atomic E-state index is 0.0396. The first kappa shape index (κ1) is 17.9. The Morgan fingerprint density at radius 3 is 2.52 bits per heavy atom. The van der Waals surface area contributed by atoms with Gasteiger partial charge in [-0.05, 0) is 49.6 Å². The van der Waals surface area contributed by atoms with Crippen LogP contribution in [0.3, 0.4) is 0 Å². The van der Waals surface area contributed by atoms with E-state index in [0.717, 1.165) is 23.8 Å². The predicted molar refractivity (Wildman–Crippen MR) is 104 cm³/mol. The van der Waals surface area contributed by atoms with E-state index in [1.807, 2.05) is 25.1 Å². The SMILES string of the molecule is C[C@@H](Sc1nnc(C2CC2)n1Cc1ccccc1)C(=O)c1ccc(F)cc1. The molecule has 4 rings (SSSR count). The van der Waals surface area contributed by atoms with Crippen LogP contribution in [0.25, 0.3) is 0 Å². The van der Waals surface area contributed by atoms with Crippen LogP contribution in [0, 0.1) is 5.82 Å². The van der Waals surface area contributed by atoms with Crippen molar-refractivity contribution >= 4 is 17.5 Å². The van der Waals surface area contributed by atoms with E-state index in [2.05, 4.69) is 26.9 Å². The molecule has 3 aromatic rings. The highest BCUT2D eigenvalue weighted by atomic mass is 32.2. The summed E-state index contributed by atoms with van der Waals surface area (Å²) in [6.45, 7) is 2.55. The molecule has 2 aromatic carbocycles. The van der Waals surface area contributed by atoms with Gasteiger partial charge >= 0.3 is 0 Å². The van der Waals surface area contributed by atoms with Crippen LogP contribution in [0.5, 0.6) is 0 Å². The van der Waals surface area contributed by atoms with Gasteiger partial charge in [-0.15, -0.1) is 10.2 Å². The molecule has 0 unspecified atom stereocenters. The molecule has 1 heterocycles. The number of hydrogen-bond acceptors (Lipinski definition) is 4. The highest BCUT2D eigenvalue weighted by Crippen LogP contribution is 2.40. The second-order valence-electron chi connectivity index (χ2n) is 6.82. The van der Waals surface area contributed by atoms with Crippen LogP contribution in [0.4, 0.5) is 4.39 Å². The van der Waals surface area contributed by atoms with Crippen molar-refractivity contribution in [2.75, 3.05) is 0 Å². The highest BCUT2D eigenvalue weighted by Gasteiger charge is 2.31. The monoisotopic (exact) mass is 381 g/mol. The van der Waals surface area contributed by atoms with Gasteiger partial charge < -0.3 is 4.57 Å². The topological polar surface area (TPSA) is 47.8 Å². The first-order chi connectivity index (χ1) is 13.1. The zero-order chi connectivity index (χ0) is 18.8. The van der Waals surface area contributed by atoms with Crippen LogP contribution in [-0.2, 0) is 6.54 Å². The van der Waals surface area contributed by atoms with E-state index >= 15 is 0 Å². The average molecular weight is 381 g/mol. The van der Waals surface area contributed by atoms with E-state index < -0.39 is 0 Å². The minimum atomic E-state index is -0.344. The summed E-state index contributed by atoms with van der Waals surface area (Å²) in [6, 6.07) is 15.9. The summed E-state index contributed by atoms with van der Waals surface area (Å²) in [5.41, 5.74) is 1.69. The number of aromatic nitrogens is 3. The summed E-state index contributed by atoms with van der Waals surface area (Å²) >= 11 is 1.41. The van der Waals surface area contributed by atoms with Crippen molar-refractivity contribution in [3.8, 4) is 0 Å². The second kappa shape index (κ2) is 7.64. The van der Waals surface area contributed by atoms with Crippen molar-refractivity contribution in [3.05, 3.63) is 77.4 Å². The molecule has 0 N–H and O–H groups in total. The van der Waals surface area contributed by atoms with Crippen molar-refractivity contribution < 1.29 is 9.18 Å². The van der Waals surface area contributed by atoms with Gasteiger partial charge in [0.15, 0.2) is 10.9 Å². The lowest BCUT2D eigenvalue weighted by molar-refractivity contribution is 0.0994. The molecule has 1 aliphatic carbocycles. The second-order valence-corrected chi connectivity index (χ2v) is 8.13. The van der Waals surface area contributed by atoms with Gasteiger partial charge in [-0.3, -0.25) is 4.79 Å². The standard InChI is InChI=1S/C21H20FN3OS/c1-14(19(26)16-9-11-18(22)12-10-16)27-21-24-23-20(17-7-8-17)25(21)13-15-5-3-2-4-6-15/h2-6,9-12,14,17H,7-8,13H2,1H3/t14-/m1/s1. The number of ketones is 1. The molecular formula is C21H20FN3OS. The third-order valence-electron chi connectivity index (χ3n) is 4.65. The van der Waals surface area contributed by atoms with Crippen LogP contribution < -0.4 is 0 Å². The molecule has 0 bridgehead atoms. The van der Waals surface area contributed by atoms with Crippen LogP contribution in [0.2, 0.25) is 0 Å². The van der Waals surface area contributed by atoms with Crippen molar-refractivity contribution in [2.24, 2.45) is 0 Å².